The number of nitrogens with one attached hydrogen (secondary N) is 1. The van der Waals surface area contributed by atoms with Gasteiger partial charge in [0.05, 0.1) is 11.3 Å². The number of pyridine rings is 1. The molecule has 32 heavy (non-hydrogen) atoms. The highest BCUT2D eigenvalue weighted by Crippen LogP contribution is 2.39. The molecule has 3 aromatic rings. The maximum absolute atomic E-state index is 12.5. The quantitative estimate of drug-likeness (QED) is 0.539. The highest BCUT2D eigenvalue weighted by atomic mass is 35.5. The third-order valence-electron chi connectivity index (χ3n) is 5.44. The van der Waals surface area contributed by atoms with Gasteiger partial charge in [-0.1, -0.05) is 71.9 Å². The lowest BCUT2D eigenvalue weighted by Crippen LogP contribution is -2.28. The number of nitriles is 1. The summed E-state index contributed by atoms with van der Waals surface area (Å²) in [5, 5.41) is 14.2. The van der Waals surface area contributed by atoms with E-state index in [1.165, 1.54) is 11.8 Å². The van der Waals surface area contributed by atoms with E-state index >= 15 is 0 Å². The Morgan fingerprint density at radius 1 is 1.22 bits per heavy atom. The minimum absolute atomic E-state index is 0.0960. The first kappa shape index (κ1) is 22.3. The fraction of sp³-hybridized carbons (Fsp3) is 0.240. The first-order valence-corrected chi connectivity index (χ1v) is 11.8. The Morgan fingerprint density at radius 3 is 2.72 bits per heavy atom. The van der Waals surface area contributed by atoms with Gasteiger partial charge in [0.1, 0.15) is 11.1 Å². The molecule has 0 radical (unpaired) electrons. The Labute approximate surface area is 197 Å². The van der Waals surface area contributed by atoms with E-state index in [9.17, 15) is 10.1 Å². The molecule has 2 aromatic carbocycles. The van der Waals surface area contributed by atoms with Crippen LogP contribution in [0.2, 0.25) is 5.02 Å². The van der Waals surface area contributed by atoms with Crippen molar-refractivity contribution in [3.63, 3.8) is 0 Å². The molecule has 1 aliphatic heterocycles. The predicted octanol–water partition coefficient (Wildman–Crippen LogP) is 4.67. The van der Waals surface area contributed by atoms with Gasteiger partial charge in [-0.3, -0.25) is 4.79 Å². The molecule has 0 spiro atoms. The number of rotatable bonds is 6. The molecule has 7 heteroatoms. The summed E-state index contributed by atoms with van der Waals surface area (Å²) in [6, 6.07) is 19.7. The molecular formula is C25H23ClN4OS. The first-order chi connectivity index (χ1) is 15.6. The maximum Gasteiger partial charge on any atom is 0.230 e. The topological polar surface area (TPSA) is 69.0 Å². The minimum Gasteiger partial charge on any atom is -0.351 e. The largest absolute Gasteiger partial charge is 0.351 e. The SMILES string of the molecule is CN1CCc2nc(SCC(=O)NCc3ccccc3)c(C#N)c(-c3ccccc3Cl)c2C1. The van der Waals surface area contributed by atoms with E-state index in [1.54, 1.807) is 0 Å². The van der Waals surface area contributed by atoms with Crippen molar-refractivity contribution in [1.82, 2.24) is 15.2 Å². The molecule has 162 valence electrons. The molecule has 1 N–H and O–H groups in total. The highest BCUT2D eigenvalue weighted by molar-refractivity contribution is 8.00. The highest BCUT2D eigenvalue weighted by Gasteiger charge is 2.26. The smallest absolute Gasteiger partial charge is 0.230 e. The van der Waals surface area contributed by atoms with E-state index in [2.05, 4.69) is 23.3 Å². The molecule has 0 atom stereocenters. The van der Waals surface area contributed by atoms with Gasteiger partial charge < -0.3 is 10.2 Å². The summed E-state index contributed by atoms with van der Waals surface area (Å²) >= 11 is 7.83. The first-order valence-electron chi connectivity index (χ1n) is 10.4. The van der Waals surface area contributed by atoms with Crippen molar-refractivity contribution >= 4 is 29.3 Å². The fourth-order valence-corrected chi connectivity index (χ4v) is 4.89. The number of thioether (sulfide) groups is 1. The lowest BCUT2D eigenvalue weighted by Gasteiger charge is -2.28. The number of likely N-dealkylation sites (N-methyl/N-ethyl adjacent to an activating group) is 1. The average Bonchev–Trinajstić information content (AvgIpc) is 2.81. The van der Waals surface area contributed by atoms with E-state index in [0.29, 0.717) is 28.7 Å². The van der Waals surface area contributed by atoms with Crippen molar-refractivity contribution < 1.29 is 4.79 Å². The van der Waals surface area contributed by atoms with Crippen LogP contribution in [0.1, 0.15) is 22.4 Å². The molecule has 0 aliphatic carbocycles. The van der Waals surface area contributed by atoms with E-state index in [4.69, 9.17) is 16.6 Å². The second kappa shape index (κ2) is 10.2. The minimum atomic E-state index is -0.0960. The second-order valence-electron chi connectivity index (χ2n) is 7.72. The molecule has 0 bridgehead atoms. The summed E-state index contributed by atoms with van der Waals surface area (Å²) in [6.07, 6.45) is 0.794. The Balaban J connectivity index is 1.63. The number of hydrogen-bond donors (Lipinski definition) is 1. The summed E-state index contributed by atoms with van der Waals surface area (Å²) in [4.78, 5) is 19.5. The number of carbonyl (C=O) groups is 1. The molecule has 0 saturated carbocycles. The van der Waals surface area contributed by atoms with Gasteiger partial charge in [-0.25, -0.2) is 4.98 Å². The summed E-state index contributed by atoms with van der Waals surface area (Å²) in [5.41, 5.74) is 5.20. The summed E-state index contributed by atoms with van der Waals surface area (Å²) in [6.45, 7) is 2.08. The van der Waals surface area contributed by atoms with Crippen molar-refractivity contribution in [3.05, 3.63) is 82.0 Å². The molecule has 4 rings (SSSR count). The van der Waals surface area contributed by atoms with E-state index in [1.807, 2.05) is 54.6 Å². The van der Waals surface area contributed by atoms with Crippen molar-refractivity contribution in [2.75, 3.05) is 19.3 Å². The number of fused-ring (bicyclic) bond motifs is 1. The zero-order valence-corrected chi connectivity index (χ0v) is 19.3. The summed E-state index contributed by atoms with van der Waals surface area (Å²) in [7, 11) is 2.06. The van der Waals surface area contributed by atoms with Crippen LogP contribution in [-0.2, 0) is 24.3 Å². The van der Waals surface area contributed by atoms with Gasteiger partial charge in [-0.05, 0) is 24.2 Å². The van der Waals surface area contributed by atoms with Crippen LogP contribution in [0.4, 0.5) is 0 Å². The molecule has 5 nitrogen and oxygen atoms in total. The average molecular weight is 463 g/mol. The predicted molar refractivity (Wildman–Crippen MR) is 128 cm³/mol. The summed E-state index contributed by atoms with van der Waals surface area (Å²) < 4.78 is 0. The van der Waals surface area contributed by atoms with Crippen LogP contribution in [0.3, 0.4) is 0 Å². The molecule has 0 saturated heterocycles. The number of hydrogen-bond acceptors (Lipinski definition) is 5. The van der Waals surface area contributed by atoms with Crippen LogP contribution in [-0.4, -0.2) is 35.1 Å². The second-order valence-corrected chi connectivity index (χ2v) is 9.09. The Hall–Kier alpha value is -2.85. The normalized spacial score (nSPS) is 13.3. The zero-order valence-electron chi connectivity index (χ0n) is 17.8. The molecule has 1 aromatic heterocycles. The lowest BCUT2D eigenvalue weighted by atomic mass is 9.92. The van der Waals surface area contributed by atoms with Gasteiger partial charge in [0.15, 0.2) is 0 Å². The fourth-order valence-electron chi connectivity index (χ4n) is 3.82. The van der Waals surface area contributed by atoms with E-state index < -0.39 is 0 Å². The maximum atomic E-state index is 12.5. The van der Waals surface area contributed by atoms with Gasteiger partial charge >= 0.3 is 0 Å². The third-order valence-corrected chi connectivity index (χ3v) is 6.74. The van der Waals surface area contributed by atoms with E-state index in [0.717, 1.165) is 40.9 Å². The molecule has 2 heterocycles. The van der Waals surface area contributed by atoms with Crippen molar-refractivity contribution in [1.29, 1.82) is 5.26 Å². The van der Waals surface area contributed by atoms with Crippen LogP contribution < -0.4 is 5.32 Å². The molecule has 1 amide bonds. The molecule has 0 unspecified atom stereocenters. The number of carbonyl (C=O) groups excluding carboxylic acids is 1. The third kappa shape index (κ3) is 4.97. The number of nitrogens with zero attached hydrogens (tertiary/aromatic N) is 3. The van der Waals surface area contributed by atoms with Crippen molar-refractivity contribution in [2.45, 2.75) is 24.5 Å². The van der Waals surface area contributed by atoms with Crippen LogP contribution in [0.15, 0.2) is 59.6 Å². The zero-order chi connectivity index (χ0) is 22.5. The van der Waals surface area contributed by atoms with Crippen molar-refractivity contribution in [3.8, 4) is 17.2 Å². The number of aromatic nitrogens is 1. The van der Waals surface area contributed by atoms with Crippen molar-refractivity contribution in [2.24, 2.45) is 0 Å². The number of benzene rings is 2. The van der Waals surface area contributed by atoms with Gasteiger partial charge in [0.25, 0.3) is 0 Å². The van der Waals surface area contributed by atoms with Crippen LogP contribution in [0, 0.1) is 11.3 Å². The Morgan fingerprint density at radius 2 is 1.97 bits per heavy atom. The summed E-state index contributed by atoms with van der Waals surface area (Å²) in [5.74, 6) is 0.0936. The van der Waals surface area contributed by atoms with Gasteiger partial charge in [0.2, 0.25) is 5.91 Å². The number of halogens is 1. The van der Waals surface area contributed by atoms with Crippen LogP contribution in [0.5, 0.6) is 0 Å². The Bertz CT molecular complexity index is 1180. The molecule has 0 fully saturated rings. The monoisotopic (exact) mass is 462 g/mol. The standard InChI is InChI=1S/C25H23ClN4OS/c1-30-12-11-22-20(15-30)24(18-9-5-6-10-21(18)26)19(13-27)25(29-22)32-16-23(31)28-14-17-7-3-2-4-8-17/h2-10H,11-12,14-16H2,1H3,(H,28,31). The van der Waals surface area contributed by atoms with Gasteiger partial charge in [-0.15, -0.1) is 0 Å². The molecule has 1 aliphatic rings. The van der Waals surface area contributed by atoms with E-state index in [-0.39, 0.29) is 11.7 Å². The lowest BCUT2D eigenvalue weighted by molar-refractivity contribution is -0.118. The van der Waals surface area contributed by atoms with Gasteiger partial charge in [-0.2, -0.15) is 5.26 Å². The number of amides is 1. The molecular weight excluding hydrogens is 440 g/mol. The van der Waals surface area contributed by atoms with Crippen LogP contribution >= 0.6 is 23.4 Å². The Kier molecular flexibility index (Phi) is 7.11. The van der Waals surface area contributed by atoms with Gasteiger partial charge in [0, 0.05) is 47.9 Å². The van der Waals surface area contributed by atoms with Crippen LogP contribution in [0.25, 0.3) is 11.1 Å².